The fourth-order valence-corrected chi connectivity index (χ4v) is 7.24. The average Bonchev–Trinajstić information content (AvgIpc) is 3.54. The number of benzene rings is 1. The number of fused-ring (bicyclic) bond motifs is 3. The molecule has 0 radical (unpaired) electrons. The molecule has 1 saturated carbocycles. The van der Waals surface area contributed by atoms with Crippen LogP contribution in [0.1, 0.15) is 49.3 Å². The summed E-state index contributed by atoms with van der Waals surface area (Å²) in [5.74, 6) is 2.07. The number of halogens is 1. The van der Waals surface area contributed by atoms with Gasteiger partial charge in [-0.25, -0.2) is 14.4 Å². The molecule has 10 nitrogen and oxygen atoms in total. The first-order valence-corrected chi connectivity index (χ1v) is 17.0. The molecule has 3 atom stereocenters. The molecule has 2 unspecified atom stereocenters. The van der Waals surface area contributed by atoms with E-state index < -0.39 is 0 Å². The Morgan fingerprint density at radius 1 is 1.06 bits per heavy atom. The van der Waals surface area contributed by atoms with Crippen molar-refractivity contribution in [1.29, 1.82) is 0 Å². The molecule has 1 saturated heterocycles. The highest BCUT2D eigenvalue weighted by molar-refractivity contribution is 5.92. The molecule has 1 amide bonds. The Labute approximate surface area is 278 Å². The number of hydrogen-bond donors (Lipinski definition) is 4. The highest BCUT2D eigenvalue weighted by Gasteiger charge is 2.42. The molecule has 4 aromatic rings. The lowest BCUT2D eigenvalue weighted by Gasteiger charge is -2.22. The van der Waals surface area contributed by atoms with Gasteiger partial charge in [-0.05, 0) is 99.8 Å². The molecule has 1 aliphatic heterocycles. The minimum atomic E-state index is -0.304. The molecule has 0 bridgehead atoms. The lowest BCUT2D eigenvalue weighted by Crippen LogP contribution is -2.32. The molecule has 1 aromatic carbocycles. The summed E-state index contributed by atoms with van der Waals surface area (Å²) < 4.78 is 20.7. The van der Waals surface area contributed by atoms with Gasteiger partial charge in [0.05, 0.1) is 28.0 Å². The largest absolute Gasteiger partial charge is 0.496 e. The van der Waals surface area contributed by atoms with Crippen LogP contribution in [0, 0.1) is 17.8 Å². The van der Waals surface area contributed by atoms with Crippen molar-refractivity contribution in [3.63, 3.8) is 0 Å². The van der Waals surface area contributed by atoms with Gasteiger partial charge in [-0.3, -0.25) is 9.89 Å². The zero-order chi connectivity index (χ0) is 32.8. The van der Waals surface area contributed by atoms with Crippen LogP contribution in [0.4, 0.5) is 4.39 Å². The van der Waals surface area contributed by atoms with E-state index in [2.05, 4.69) is 38.0 Å². The van der Waals surface area contributed by atoms with Crippen molar-refractivity contribution >= 4 is 33.5 Å². The van der Waals surface area contributed by atoms with Crippen LogP contribution >= 0.6 is 0 Å². The van der Waals surface area contributed by atoms with Gasteiger partial charge in [-0.15, -0.1) is 0 Å². The van der Waals surface area contributed by atoms with Crippen molar-refractivity contribution in [3.05, 3.63) is 83.2 Å². The maximum Gasteiger partial charge on any atom is 0.224 e. The van der Waals surface area contributed by atoms with Crippen molar-refractivity contribution in [2.45, 2.75) is 38.0 Å². The SMILES string of the molecule is CN(C)CCOC1=CC(F)=CC(c2cccc3[nH]c(-c4n[nH]c5ccc(C6=C[C@H]7CC7C(NC(=O)CC7CCNCC7)=C6)nc45)nc23)C1. The molecule has 4 N–H and O–H groups in total. The van der Waals surface area contributed by atoms with Crippen LogP contribution in [-0.2, 0) is 9.53 Å². The Kier molecular flexibility index (Phi) is 8.17. The maximum absolute atomic E-state index is 14.8. The van der Waals surface area contributed by atoms with Gasteiger partial charge in [0.15, 0.2) is 11.5 Å². The zero-order valence-electron chi connectivity index (χ0n) is 27.4. The third-order valence-corrected chi connectivity index (χ3v) is 9.94. The number of nitrogens with zero attached hydrogens (tertiary/aromatic N) is 4. The van der Waals surface area contributed by atoms with E-state index in [1.54, 1.807) is 6.08 Å². The monoisotopic (exact) mass is 648 g/mol. The quantitative estimate of drug-likeness (QED) is 0.173. The number of imidazole rings is 1. The number of rotatable bonds is 10. The third-order valence-electron chi connectivity index (χ3n) is 9.94. The fraction of sp³-hybridized carbons (Fsp3) is 0.405. The first-order valence-electron chi connectivity index (χ1n) is 17.0. The topological polar surface area (TPSA) is 124 Å². The molecule has 3 aromatic heterocycles. The van der Waals surface area contributed by atoms with Gasteiger partial charge in [0.2, 0.25) is 5.91 Å². The fourth-order valence-electron chi connectivity index (χ4n) is 7.24. The van der Waals surface area contributed by atoms with E-state index in [1.165, 1.54) is 6.08 Å². The number of H-pyrrole nitrogens is 2. The summed E-state index contributed by atoms with van der Waals surface area (Å²) in [5.41, 5.74) is 7.50. The summed E-state index contributed by atoms with van der Waals surface area (Å²) in [5, 5.41) is 14.4. The number of para-hydroxylation sites is 1. The molecule has 4 heterocycles. The summed E-state index contributed by atoms with van der Waals surface area (Å²) in [4.78, 5) is 28.5. The number of hydrogen-bond acceptors (Lipinski definition) is 7. The number of ether oxygens (including phenoxy) is 1. The standard InChI is InChI=1S/C37H41FN8O2/c1-46(2)12-13-48-26-17-23(16-25(38)20-26)27-4-3-5-30-34(27)43-37(42-30)36-35-31(44-45-36)7-6-29(41-35)24-15-22-18-28(22)32(19-24)40-33(47)14-21-8-10-39-11-9-21/h3-7,15-16,19-23,28,39H,8-14,17-18H2,1-2H3,(H,40,47)(H,42,43)(H,44,45)/t22-,23?,28?/m0/s1. The maximum atomic E-state index is 14.8. The lowest BCUT2D eigenvalue weighted by atomic mass is 9.90. The van der Waals surface area contributed by atoms with E-state index in [4.69, 9.17) is 14.7 Å². The second-order valence-electron chi connectivity index (χ2n) is 13.8. The van der Waals surface area contributed by atoms with E-state index in [1.807, 2.05) is 49.3 Å². The van der Waals surface area contributed by atoms with Crippen LogP contribution in [0.15, 0.2) is 71.9 Å². The van der Waals surface area contributed by atoms with Crippen LogP contribution in [0.2, 0.25) is 0 Å². The second-order valence-corrected chi connectivity index (χ2v) is 13.8. The number of allylic oxidation sites excluding steroid dienone is 8. The first-order chi connectivity index (χ1) is 23.4. The van der Waals surface area contributed by atoms with Crippen LogP contribution in [0.5, 0.6) is 0 Å². The van der Waals surface area contributed by atoms with Gasteiger partial charge < -0.3 is 25.3 Å². The van der Waals surface area contributed by atoms with Crippen LogP contribution in [0.3, 0.4) is 0 Å². The molecule has 4 aliphatic rings. The number of likely N-dealkylation sites (N-methyl/N-ethyl adjacent to an activating group) is 1. The lowest BCUT2D eigenvalue weighted by molar-refractivity contribution is -0.121. The number of carbonyl (C=O) groups is 1. The zero-order valence-corrected chi connectivity index (χ0v) is 27.4. The number of nitrogens with one attached hydrogen (secondary N) is 4. The number of piperidine rings is 1. The second kappa shape index (κ2) is 12.8. The van der Waals surface area contributed by atoms with Gasteiger partial charge in [0.1, 0.15) is 18.0 Å². The molecule has 8 rings (SSSR count). The van der Waals surface area contributed by atoms with E-state index in [0.717, 1.165) is 78.0 Å². The smallest absolute Gasteiger partial charge is 0.224 e. The number of pyridine rings is 1. The van der Waals surface area contributed by atoms with E-state index in [9.17, 15) is 9.18 Å². The minimum absolute atomic E-state index is 0.111. The van der Waals surface area contributed by atoms with Gasteiger partial charge in [-0.2, -0.15) is 5.10 Å². The van der Waals surface area contributed by atoms with Gasteiger partial charge in [0.25, 0.3) is 0 Å². The minimum Gasteiger partial charge on any atom is -0.496 e. The van der Waals surface area contributed by atoms with Gasteiger partial charge >= 0.3 is 0 Å². The van der Waals surface area contributed by atoms with Crippen molar-refractivity contribution in [2.24, 2.45) is 17.8 Å². The summed E-state index contributed by atoms with van der Waals surface area (Å²) >= 11 is 0. The predicted molar refractivity (Wildman–Crippen MR) is 184 cm³/mol. The number of carbonyl (C=O) groups excluding carboxylic acids is 1. The summed E-state index contributed by atoms with van der Waals surface area (Å²) in [6.45, 7) is 3.23. The number of amides is 1. The molecule has 0 spiro atoms. The molecular weight excluding hydrogens is 607 g/mol. The molecule has 3 aliphatic carbocycles. The third kappa shape index (κ3) is 6.32. The molecule has 11 heteroatoms. The van der Waals surface area contributed by atoms with Crippen molar-refractivity contribution in [3.8, 4) is 11.5 Å². The normalized spacial score (nSPS) is 22.6. The van der Waals surface area contributed by atoms with Crippen LogP contribution in [-0.4, -0.2) is 76.3 Å². The van der Waals surface area contributed by atoms with Crippen molar-refractivity contribution in [2.75, 3.05) is 40.3 Å². The summed E-state index contributed by atoms with van der Waals surface area (Å²) in [6, 6.07) is 9.92. The van der Waals surface area contributed by atoms with Gasteiger partial charge in [-0.1, -0.05) is 18.2 Å². The van der Waals surface area contributed by atoms with E-state index in [-0.39, 0.29) is 17.7 Å². The number of aromatic amines is 2. The Morgan fingerprint density at radius 2 is 1.94 bits per heavy atom. The van der Waals surface area contributed by atoms with E-state index >= 15 is 0 Å². The average molecular weight is 649 g/mol. The Morgan fingerprint density at radius 3 is 2.79 bits per heavy atom. The van der Waals surface area contributed by atoms with Gasteiger partial charge in [0, 0.05) is 43.0 Å². The predicted octanol–water partition coefficient (Wildman–Crippen LogP) is 5.73. The molecule has 48 heavy (non-hydrogen) atoms. The Bertz CT molecular complexity index is 2000. The summed E-state index contributed by atoms with van der Waals surface area (Å²) in [7, 11) is 3.97. The highest BCUT2D eigenvalue weighted by atomic mass is 19.1. The Balaban J connectivity index is 1.05. The Hall–Kier alpha value is -4.61. The van der Waals surface area contributed by atoms with Crippen LogP contribution < -0.4 is 10.6 Å². The van der Waals surface area contributed by atoms with Crippen LogP contribution in [0.25, 0.3) is 39.2 Å². The molecular formula is C37H41FN8O2. The van der Waals surface area contributed by atoms with Crippen molar-refractivity contribution in [1.82, 2.24) is 40.7 Å². The summed E-state index contributed by atoms with van der Waals surface area (Å²) in [6.07, 6.45) is 11.8. The highest BCUT2D eigenvalue weighted by Crippen LogP contribution is 2.49. The molecule has 2 fully saturated rings. The number of aromatic nitrogens is 5. The van der Waals surface area contributed by atoms with E-state index in [0.29, 0.717) is 60.0 Å². The van der Waals surface area contributed by atoms with Crippen molar-refractivity contribution < 1.29 is 13.9 Å². The molecule has 248 valence electrons. The first kappa shape index (κ1) is 30.7.